The summed E-state index contributed by atoms with van der Waals surface area (Å²) in [6, 6.07) is 0. The van der Waals surface area contributed by atoms with Crippen molar-refractivity contribution in [1.29, 1.82) is 0 Å². The van der Waals surface area contributed by atoms with E-state index < -0.39 is 47.7 Å². The molecule has 0 saturated heterocycles. The maximum absolute atomic E-state index is 13.4. The molecule has 0 spiro atoms. The van der Waals surface area contributed by atoms with E-state index in [0.717, 1.165) is 63.4 Å². The standard InChI is InChI=1S/C49H75NO10/c1-6-7-8-9-10-11-12-13-14-15-16-17-18-19-20-21-46(56)60-38(32-50(4)5)33-58-44(54)24-25-45(55)59-34-43(53)40-30-49(57)31-42(52)47-39(41(49)28-35(40)2)23-22-36-29-37(51)26-27-48(36,47)3/h10-11,13-14,26-27,29,35,38-42,47,52,57H,6-9,12,15-25,28,30-34H2,1-5H3/b11-10-,14-13-/t35-,38?,39?,40?,41?,42+,47?,48?,49?/m1/s1. The van der Waals surface area contributed by atoms with Crippen LogP contribution in [0.4, 0.5) is 0 Å². The van der Waals surface area contributed by atoms with Crippen molar-refractivity contribution in [2.75, 3.05) is 33.9 Å². The van der Waals surface area contributed by atoms with Gasteiger partial charge in [0.15, 0.2) is 11.6 Å². The van der Waals surface area contributed by atoms with Gasteiger partial charge in [0, 0.05) is 36.6 Å². The molecule has 0 aromatic heterocycles. The number of unbranched alkanes of at least 4 members (excludes halogenated alkanes) is 8. The van der Waals surface area contributed by atoms with Crippen molar-refractivity contribution in [2.45, 2.75) is 161 Å². The van der Waals surface area contributed by atoms with Gasteiger partial charge < -0.3 is 29.3 Å². The van der Waals surface area contributed by atoms with Crippen LogP contribution in [-0.2, 0) is 38.2 Å². The molecular weight excluding hydrogens is 763 g/mol. The minimum Gasteiger partial charge on any atom is -0.462 e. The molecule has 2 N–H and O–H groups in total. The van der Waals surface area contributed by atoms with Crippen molar-refractivity contribution in [1.82, 2.24) is 4.90 Å². The summed E-state index contributed by atoms with van der Waals surface area (Å²) < 4.78 is 16.3. The van der Waals surface area contributed by atoms with Crippen LogP contribution in [0.3, 0.4) is 0 Å². The number of ether oxygens (including phenoxy) is 3. The zero-order chi connectivity index (χ0) is 43.7. The van der Waals surface area contributed by atoms with Crippen molar-refractivity contribution < 1.29 is 48.4 Å². The van der Waals surface area contributed by atoms with Crippen molar-refractivity contribution in [2.24, 2.45) is 35.0 Å². The molecule has 0 amide bonds. The number of esters is 3. The minimum absolute atomic E-state index is 0.0300. The van der Waals surface area contributed by atoms with Crippen LogP contribution in [0, 0.1) is 35.0 Å². The Labute approximate surface area is 359 Å². The summed E-state index contributed by atoms with van der Waals surface area (Å²) in [5, 5.41) is 23.5. The lowest BCUT2D eigenvalue weighted by atomic mass is 9.45. The second-order valence-corrected chi connectivity index (χ2v) is 18.6. The highest BCUT2D eigenvalue weighted by atomic mass is 16.6. The number of nitrogens with zero attached hydrogens (tertiary/aromatic N) is 1. The van der Waals surface area contributed by atoms with Gasteiger partial charge in [-0.25, -0.2) is 0 Å². The van der Waals surface area contributed by atoms with Gasteiger partial charge in [0.2, 0.25) is 0 Å². The zero-order valence-corrected chi connectivity index (χ0v) is 37.2. The number of aliphatic hydroxyl groups is 2. The third-order valence-corrected chi connectivity index (χ3v) is 13.5. The van der Waals surface area contributed by atoms with Crippen LogP contribution in [0.5, 0.6) is 0 Å². The fourth-order valence-corrected chi connectivity index (χ4v) is 10.4. The Hall–Kier alpha value is -3.41. The average molecular weight is 838 g/mol. The van der Waals surface area contributed by atoms with Crippen molar-refractivity contribution in [3.8, 4) is 0 Å². The Morgan fingerprint density at radius 2 is 1.57 bits per heavy atom. The average Bonchev–Trinajstić information content (AvgIpc) is 3.19. The summed E-state index contributed by atoms with van der Waals surface area (Å²) in [6.45, 7) is 6.08. The number of carbonyl (C=O) groups excluding carboxylic acids is 5. The van der Waals surface area contributed by atoms with Crippen molar-refractivity contribution in [3.63, 3.8) is 0 Å². The van der Waals surface area contributed by atoms with Gasteiger partial charge >= 0.3 is 17.9 Å². The van der Waals surface area contributed by atoms with Crippen LogP contribution in [-0.4, -0.2) is 96.3 Å². The van der Waals surface area contributed by atoms with Crippen LogP contribution in [0.15, 0.2) is 48.1 Å². The Bertz CT molecular complexity index is 1560. The zero-order valence-electron chi connectivity index (χ0n) is 37.2. The van der Waals surface area contributed by atoms with Gasteiger partial charge in [-0.1, -0.05) is 88.8 Å². The molecule has 3 saturated carbocycles. The second kappa shape index (κ2) is 24.3. The Morgan fingerprint density at radius 3 is 2.27 bits per heavy atom. The van der Waals surface area contributed by atoms with E-state index in [2.05, 4.69) is 38.2 Å². The summed E-state index contributed by atoms with van der Waals surface area (Å²) in [5.74, 6) is -2.77. The van der Waals surface area contributed by atoms with Gasteiger partial charge in [-0.15, -0.1) is 0 Å². The van der Waals surface area contributed by atoms with Crippen LogP contribution in [0.2, 0.25) is 0 Å². The number of likely N-dealkylation sites (N-methyl/N-ethyl adjacent to an activating group) is 1. The van der Waals surface area contributed by atoms with E-state index in [1.165, 1.54) is 25.7 Å². The first-order valence-corrected chi connectivity index (χ1v) is 23.0. The molecule has 11 nitrogen and oxygen atoms in total. The largest absolute Gasteiger partial charge is 0.462 e. The smallest absolute Gasteiger partial charge is 0.306 e. The summed E-state index contributed by atoms with van der Waals surface area (Å²) in [7, 11) is 3.67. The molecule has 7 unspecified atom stereocenters. The molecule has 0 aromatic rings. The lowest BCUT2D eigenvalue weighted by molar-refractivity contribution is -0.196. The predicted octanol–water partition coefficient (Wildman–Crippen LogP) is 7.96. The Kier molecular flexibility index (Phi) is 19.9. The number of Topliss-reactive ketones (excluding diaryl/α,β-unsaturated/α-hetero) is 1. The van der Waals surface area contributed by atoms with Gasteiger partial charge in [-0.3, -0.25) is 24.0 Å². The van der Waals surface area contributed by atoms with Gasteiger partial charge in [0.25, 0.3) is 0 Å². The molecular formula is C49H75NO10. The maximum atomic E-state index is 13.4. The number of allylic oxidation sites excluding steroid dienone is 8. The quantitative estimate of drug-likeness (QED) is 0.0398. The van der Waals surface area contributed by atoms with E-state index in [0.29, 0.717) is 19.4 Å². The number of rotatable bonds is 25. The molecule has 4 aliphatic carbocycles. The topological polar surface area (TPSA) is 157 Å². The molecule has 3 fully saturated rings. The fraction of sp³-hybridized carbons (Fsp3) is 0.735. The molecule has 60 heavy (non-hydrogen) atoms. The summed E-state index contributed by atoms with van der Waals surface area (Å²) in [5.41, 5.74) is -0.633. The van der Waals surface area contributed by atoms with Crippen molar-refractivity contribution in [3.05, 3.63) is 48.1 Å². The first-order chi connectivity index (χ1) is 28.7. The molecule has 0 bridgehead atoms. The van der Waals surface area contributed by atoms with E-state index in [1.54, 1.807) is 12.2 Å². The third-order valence-electron chi connectivity index (χ3n) is 13.5. The normalized spacial score (nSPS) is 29.1. The van der Waals surface area contributed by atoms with Crippen LogP contribution < -0.4 is 0 Å². The monoisotopic (exact) mass is 838 g/mol. The Balaban J connectivity index is 1.10. The van der Waals surface area contributed by atoms with E-state index in [9.17, 15) is 34.2 Å². The SMILES string of the molecule is CCCCC/C=C\C/C=C\CCCCCCCC(=O)OC(COC(=O)CCC(=O)OCC(=O)C1CC2(O)C[C@H](O)C3C(CCC4=CC(=O)C=CC43C)C2C[C@H]1C)CN(C)C. The highest BCUT2D eigenvalue weighted by Gasteiger charge is 2.61. The highest BCUT2D eigenvalue weighted by molar-refractivity contribution is 6.01. The van der Waals surface area contributed by atoms with Gasteiger partial charge in [-0.2, -0.15) is 0 Å². The van der Waals surface area contributed by atoms with Crippen molar-refractivity contribution >= 4 is 29.5 Å². The van der Waals surface area contributed by atoms with Gasteiger partial charge in [0.05, 0.1) is 24.5 Å². The number of aliphatic hydroxyl groups excluding tert-OH is 1. The number of hydrogen-bond acceptors (Lipinski definition) is 11. The second-order valence-electron chi connectivity index (χ2n) is 18.6. The molecule has 11 heteroatoms. The first kappa shape index (κ1) is 49.2. The summed E-state index contributed by atoms with van der Waals surface area (Å²) in [4.78, 5) is 65.1. The van der Waals surface area contributed by atoms with Gasteiger partial charge in [-0.05, 0) is 108 Å². The molecule has 0 radical (unpaired) electrons. The predicted molar refractivity (Wildman–Crippen MR) is 231 cm³/mol. The summed E-state index contributed by atoms with van der Waals surface area (Å²) >= 11 is 0. The number of ketones is 2. The van der Waals surface area contributed by atoms with E-state index in [1.807, 2.05) is 32.0 Å². The van der Waals surface area contributed by atoms with Crippen LogP contribution in [0.1, 0.15) is 143 Å². The molecule has 4 rings (SSSR count). The number of hydrogen-bond donors (Lipinski definition) is 2. The third kappa shape index (κ3) is 14.6. The summed E-state index contributed by atoms with van der Waals surface area (Å²) in [6.07, 6.45) is 27.1. The molecule has 4 aliphatic rings. The Morgan fingerprint density at radius 1 is 0.900 bits per heavy atom. The lowest BCUT2D eigenvalue weighted by Crippen LogP contribution is -2.62. The highest BCUT2D eigenvalue weighted by Crippen LogP contribution is 2.62. The first-order valence-electron chi connectivity index (χ1n) is 23.0. The molecule has 0 aromatic carbocycles. The molecule has 0 aliphatic heterocycles. The molecule has 9 atom stereocenters. The number of fused-ring (bicyclic) bond motifs is 5. The van der Waals surface area contributed by atoms with E-state index in [-0.39, 0.29) is 73.5 Å². The lowest BCUT2D eigenvalue weighted by Gasteiger charge is -2.61. The fourth-order valence-electron chi connectivity index (χ4n) is 10.4. The van der Waals surface area contributed by atoms with Crippen LogP contribution in [0.25, 0.3) is 0 Å². The molecule has 336 valence electrons. The minimum atomic E-state index is -1.23. The van der Waals surface area contributed by atoms with E-state index in [4.69, 9.17) is 14.2 Å². The maximum Gasteiger partial charge on any atom is 0.306 e. The van der Waals surface area contributed by atoms with Crippen LogP contribution >= 0.6 is 0 Å². The number of carbonyl (C=O) groups is 5. The van der Waals surface area contributed by atoms with E-state index >= 15 is 0 Å². The van der Waals surface area contributed by atoms with Gasteiger partial charge in [0.1, 0.15) is 19.3 Å². The molecule has 0 heterocycles.